The minimum absolute atomic E-state index is 0.0371. The maximum atomic E-state index is 12.7. The van der Waals surface area contributed by atoms with Crippen LogP contribution in [0.1, 0.15) is 12.8 Å². The lowest BCUT2D eigenvalue weighted by Crippen LogP contribution is -2.41. The van der Waals surface area contributed by atoms with Crippen LogP contribution in [0.3, 0.4) is 0 Å². The highest BCUT2D eigenvalue weighted by Crippen LogP contribution is 2.31. The average molecular weight is 333 g/mol. The summed E-state index contributed by atoms with van der Waals surface area (Å²) in [5, 5.41) is 0.321. The molecule has 0 aromatic heterocycles. The molecule has 1 heterocycles. The fourth-order valence-corrected chi connectivity index (χ4v) is 4.26. The van der Waals surface area contributed by atoms with Gasteiger partial charge in [0, 0.05) is 24.0 Å². The Hall–Kier alpha value is -1.31. The molecule has 0 unspecified atom stereocenters. The number of sulfonamides is 1. The number of carbonyl (C=O) groups excluding carboxylic acids is 1. The number of rotatable bonds is 4. The van der Waals surface area contributed by atoms with Crippen LogP contribution >= 0.6 is 11.6 Å². The quantitative estimate of drug-likeness (QED) is 0.898. The molecule has 0 saturated carbocycles. The fourth-order valence-electron chi connectivity index (χ4n) is 2.37. The van der Waals surface area contributed by atoms with Gasteiger partial charge in [-0.05, 0) is 31.0 Å². The lowest BCUT2D eigenvalue weighted by molar-refractivity contribution is -0.122. The largest absolute Gasteiger partial charge is 0.495 e. The Balaban J connectivity index is 2.27. The molecule has 1 aliphatic heterocycles. The Morgan fingerprint density at radius 2 is 2.00 bits per heavy atom. The minimum Gasteiger partial charge on any atom is -0.495 e. The van der Waals surface area contributed by atoms with Crippen molar-refractivity contribution in [2.45, 2.75) is 17.7 Å². The van der Waals surface area contributed by atoms with E-state index in [4.69, 9.17) is 22.1 Å². The summed E-state index contributed by atoms with van der Waals surface area (Å²) in [6, 6.07) is 4.46. The van der Waals surface area contributed by atoms with Crippen LogP contribution < -0.4 is 10.5 Å². The van der Waals surface area contributed by atoms with Crippen molar-refractivity contribution in [1.29, 1.82) is 0 Å². The molecule has 1 fully saturated rings. The lowest BCUT2D eigenvalue weighted by atomic mass is 9.98. The molecule has 1 amide bonds. The number of halogens is 1. The average Bonchev–Trinajstić information content (AvgIpc) is 2.47. The fraction of sp³-hybridized carbons (Fsp3) is 0.462. The number of amides is 1. The molecule has 0 radical (unpaired) electrons. The van der Waals surface area contributed by atoms with Crippen molar-refractivity contribution in [2.24, 2.45) is 11.7 Å². The van der Waals surface area contributed by atoms with Gasteiger partial charge in [0.15, 0.2) is 0 Å². The van der Waals surface area contributed by atoms with Gasteiger partial charge < -0.3 is 10.5 Å². The molecule has 0 atom stereocenters. The number of carbonyl (C=O) groups is 1. The summed E-state index contributed by atoms with van der Waals surface area (Å²) >= 11 is 5.88. The number of methoxy groups -OCH3 is 1. The van der Waals surface area contributed by atoms with Crippen LogP contribution in [0.15, 0.2) is 23.1 Å². The van der Waals surface area contributed by atoms with Gasteiger partial charge in [0.05, 0.1) is 7.11 Å². The third-order valence-electron chi connectivity index (χ3n) is 3.60. The third-order valence-corrected chi connectivity index (χ3v) is 5.75. The van der Waals surface area contributed by atoms with Gasteiger partial charge in [0.2, 0.25) is 15.9 Å². The Bertz CT molecular complexity index is 640. The zero-order valence-electron chi connectivity index (χ0n) is 11.6. The Morgan fingerprint density at radius 3 is 2.52 bits per heavy atom. The Kier molecular flexibility index (Phi) is 4.75. The molecule has 2 rings (SSSR count). The predicted molar refractivity (Wildman–Crippen MR) is 78.7 cm³/mol. The van der Waals surface area contributed by atoms with Gasteiger partial charge >= 0.3 is 0 Å². The van der Waals surface area contributed by atoms with E-state index in [-0.39, 0.29) is 35.6 Å². The van der Waals surface area contributed by atoms with Gasteiger partial charge in [0.25, 0.3) is 0 Å². The van der Waals surface area contributed by atoms with E-state index in [0.717, 1.165) is 0 Å². The molecule has 21 heavy (non-hydrogen) atoms. The number of ether oxygens (including phenoxy) is 1. The second-order valence-corrected chi connectivity index (χ2v) is 7.22. The topological polar surface area (TPSA) is 89.7 Å². The first-order valence-corrected chi connectivity index (χ1v) is 8.31. The van der Waals surface area contributed by atoms with Crippen molar-refractivity contribution in [3.8, 4) is 5.75 Å². The van der Waals surface area contributed by atoms with Gasteiger partial charge in [-0.1, -0.05) is 11.6 Å². The first-order chi connectivity index (χ1) is 9.86. The second kappa shape index (κ2) is 6.21. The number of hydrogen-bond donors (Lipinski definition) is 1. The zero-order valence-corrected chi connectivity index (χ0v) is 13.2. The van der Waals surface area contributed by atoms with E-state index in [2.05, 4.69) is 0 Å². The molecule has 0 spiro atoms. The van der Waals surface area contributed by atoms with Crippen molar-refractivity contribution in [3.05, 3.63) is 23.2 Å². The first-order valence-electron chi connectivity index (χ1n) is 6.49. The molecule has 2 N–H and O–H groups in total. The Morgan fingerprint density at radius 1 is 1.38 bits per heavy atom. The van der Waals surface area contributed by atoms with Gasteiger partial charge in [-0.3, -0.25) is 4.79 Å². The summed E-state index contributed by atoms with van der Waals surface area (Å²) in [5.41, 5.74) is 5.25. The summed E-state index contributed by atoms with van der Waals surface area (Å²) in [5.74, 6) is -0.401. The van der Waals surface area contributed by atoms with Crippen molar-refractivity contribution in [1.82, 2.24) is 4.31 Å². The standard InChI is InChI=1S/C13H17ClN2O4S/c1-20-11-3-2-10(14)8-12(11)21(18,19)16-6-4-9(5-7-16)13(15)17/h2-3,8-9H,4-7H2,1H3,(H2,15,17). The van der Waals surface area contributed by atoms with E-state index >= 15 is 0 Å². The molecule has 116 valence electrons. The number of primary amides is 1. The zero-order chi connectivity index (χ0) is 15.6. The number of hydrogen-bond acceptors (Lipinski definition) is 4. The highest BCUT2D eigenvalue weighted by atomic mass is 35.5. The van der Waals surface area contributed by atoms with Crippen molar-refractivity contribution < 1.29 is 17.9 Å². The van der Waals surface area contributed by atoms with Crippen LogP contribution in [0, 0.1) is 5.92 Å². The van der Waals surface area contributed by atoms with Crippen LogP contribution in [0.2, 0.25) is 5.02 Å². The van der Waals surface area contributed by atoms with Crippen LogP contribution in [0.4, 0.5) is 0 Å². The molecule has 6 nitrogen and oxygen atoms in total. The molecular weight excluding hydrogens is 316 g/mol. The first kappa shape index (κ1) is 16.1. The maximum Gasteiger partial charge on any atom is 0.246 e. The van der Waals surface area contributed by atoms with Gasteiger partial charge in [-0.2, -0.15) is 4.31 Å². The van der Waals surface area contributed by atoms with E-state index in [1.165, 1.54) is 23.5 Å². The van der Waals surface area contributed by atoms with Crippen molar-refractivity contribution >= 4 is 27.5 Å². The molecule has 1 aromatic carbocycles. The van der Waals surface area contributed by atoms with E-state index in [1.54, 1.807) is 6.07 Å². The predicted octanol–water partition coefficient (Wildman–Crippen LogP) is 1.23. The maximum absolute atomic E-state index is 12.7. The Labute approximate surface area is 128 Å². The normalized spacial score (nSPS) is 17.6. The van der Waals surface area contributed by atoms with Gasteiger partial charge in [-0.15, -0.1) is 0 Å². The molecule has 1 aliphatic rings. The molecule has 0 aliphatic carbocycles. The number of nitrogens with two attached hydrogens (primary N) is 1. The van der Waals surface area contributed by atoms with E-state index in [1.807, 2.05) is 0 Å². The molecule has 8 heteroatoms. The minimum atomic E-state index is -3.70. The monoisotopic (exact) mass is 332 g/mol. The summed E-state index contributed by atoms with van der Waals surface area (Å²) < 4.78 is 31.8. The summed E-state index contributed by atoms with van der Waals surface area (Å²) in [6.07, 6.45) is 0.856. The smallest absolute Gasteiger partial charge is 0.246 e. The van der Waals surface area contributed by atoms with Crippen molar-refractivity contribution in [3.63, 3.8) is 0 Å². The molecular formula is C13H17ClN2O4S. The van der Waals surface area contributed by atoms with Crippen molar-refractivity contribution in [2.75, 3.05) is 20.2 Å². The summed E-state index contributed by atoms with van der Waals surface area (Å²) in [7, 11) is -2.30. The molecule has 1 saturated heterocycles. The number of benzene rings is 1. The second-order valence-electron chi connectivity index (χ2n) is 4.88. The van der Waals surface area contributed by atoms with E-state index in [9.17, 15) is 13.2 Å². The highest BCUT2D eigenvalue weighted by Gasteiger charge is 2.33. The van der Waals surface area contributed by atoms with Crippen LogP contribution in [-0.2, 0) is 14.8 Å². The van der Waals surface area contributed by atoms with Crippen LogP contribution in [0.25, 0.3) is 0 Å². The molecule has 0 bridgehead atoms. The SMILES string of the molecule is COc1ccc(Cl)cc1S(=O)(=O)N1CCC(C(N)=O)CC1. The van der Waals surface area contributed by atoms with Gasteiger partial charge in [0.1, 0.15) is 10.6 Å². The lowest BCUT2D eigenvalue weighted by Gasteiger charge is -2.30. The number of nitrogens with zero attached hydrogens (tertiary/aromatic N) is 1. The van der Waals surface area contributed by atoms with Gasteiger partial charge in [-0.25, -0.2) is 8.42 Å². The van der Waals surface area contributed by atoms with Crippen LogP contribution in [0.5, 0.6) is 5.75 Å². The number of piperidine rings is 1. The summed E-state index contributed by atoms with van der Waals surface area (Å²) in [4.78, 5) is 11.2. The third kappa shape index (κ3) is 3.30. The van der Waals surface area contributed by atoms with E-state index < -0.39 is 10.0 Å². The van der Waals surface area contributed by atoms with E-state index in [0.29, 0.717) is 17.9 Å². The highest BCUT2D eigenvalue weighted by molar-refractivity contribution is 7.89. The molecule has 1 aromatic rings. The van der Waals surface area contributed by atoms with Crippen LogP contribution in [-0.4, -0.2) is 38.8 Å². The summed E-state index contributed by atoms with van der Waals surface area (Å²) in [6.45, 7) is 0.511.